The molecule has 0 spiro atoms. The summed E-state index contributed by atoms with van der Waals surface area (Å²) in [5.41, 5.74) is 0. The van der Waals surface area contributed by atoms with Gasteiger partial charge < -0.3 is 5.32 Å². The molecule has 3 saturated heterocycles. The fourth-order valence-electron chi connectivity index (χ4n) is 4.02. The molecule has 20 heavy (non-hydrogen) atoms. The van der Waals surface area contributed by atoms with E-state index in [4.69, 9.17) is 0 Å². The number of likely N-dealkylation sites (tertiary alicyclic amines) is 1. The Balaban J connectivity index is 1.54. The largest absolute Gasteiger partial charge is 0.311 e. The van der Waals surface area contributed by atoms with E-state index >= 15 is 0 Å². The molecule has 3 heterocycles. The van der Waals surface area contributed by atoms with Crippen molar-refractivity contribution in [1.29, 1.82) is 0 Å². The Kier molecular flexibility index (Phi) is 4.08. The fraction of sp³-hybridized carbons (Fsp3) is 0.867. The summed E-state index contributed by atoms with van der Waals surface area (Å²) < 4.78 is 0. The third-order valence-electron chi connectivity index (χ3n) is 5.14. The van der Waals surface area contributed by atoms with Gasteiger partial charge in [-0.3, -0.25) is 19.4 Å². The Morgan fingerprint density at radius 2 is 1.75 bits per heavy atom. The van der Waals surface area contributed by atoms with Crippen LogP contribution in [0.15, 0.2) is 0 Å². The normalized spacial score (nSPS) is 33.5. The second kappa shape index (κ2) is 5.82. The average Bonchev–Trinajstić information content (AvgIpc) is 2.94. The first-order chi connectivity index (χ1) is 9.67. The number of hydrogen-bond donors (Lipinski definition) is 1. The van der Waals surface area contributed by atoms with Crippen molar-refractivity contribution >= 4 is 11.8 Å². The summed E-state index contributed by atoms with van der Waals surface area (Å²) in [7, 11) is 0. The van der Waals surface area contributed by atoms with E-state index in [1.807, 2.05) is 0 Å². The zero-order chi connectivity index (χ0) is 14.1. The van der Waals surface area contributed by atoms with E-state index in [1.54, 1.807) is 0 Å². The van der Waals surface area contributed by atoms with Gasteiger partial charge in [0.1, 0.15) is 0 Å². The first kappa shape index (κ1) is 14.0. The highest BCUT2D eigenvalue weighted by Crippen LogP contribution is 2.29. The Hall–Kier alpha value is -0.940. The van der Waals surface area contributed by atoms with E-state index in [9.17, 15) is 9.59 Å². The van der Waals surface area contributed by atoms with Gasteiger partial charge in [0, 0.05) is 44.1 Å². The highest BCUT2D eigenvalue weighted by molar-refractivity contribution is 6.01. The molecule has 0 radical (unpaired) electrons. The van der Waals surface area contributed by atoms with Crippen LogP contribution < -0.4 is 5.32 Å². The topological polar surface area (TPSA) is 52.7 Å². The van der Waals surface area contributed by atoms with Gasteiger partial charge >= 0.3 is 0 Å². The SMILES string of the molecule is CCN(CCN1C(=O)CCC1=O)C1CC2CCC(C1)N2. The Morgan fingerprint density at radius 3 is 2.30 bits per heavy atom. The maximum atomic E-state index is 11.7. The number of carbonyl (C=O) groups excluding carboxylic acids is 2. The van der Waals surface area contributed by atoms with Crippen molar-refractivity contribution in [3.05, 3.63) is 0 Å². The van der Waals surface area contributed by atoms with Crippen molar-refractivity contribution in [2.75, 3.05) is 19.6 Å². The van der Waals surface area contributed by atoms with Gasteiger partial charge in [-0.2, -0.15) is 0 Å². The van der Waals surface area contributed by atoms with Crippen LogP contribution in [0.3, 0.4) is 0 Å². The van der Waals surface area contributed by atoms with Crippen LogP contribution in [0.25, 0.3) is 0 Å². The summed E-state index contributed by atoms with van der Waals surface area (Å²) >= 11 is 0. The predicted octanol–water partition coefficient (Wildman–Crippen LogP) is 0.740. The number of piperidine rings is 1. The van der Waals surface area contributed by atoms with Crippen molar-refractivity contribution in [3.63, 3.8) is 0 Å². The van der Waals surface area contributed by atoms with E-state index < -0.39 is 0 Å². The van der Waals surface area contributed by atoms with Crippen LogP contribution in [-0.4, -0.2) is 59.4 Å². The molecule has 0 aromatic heterocycles. The lowest BCUT2D eigenvalue weighted by Crippen LogP contribution is -2.50. The Morgan fingerprint density at radius 1 is 1.15 bits per heavy atom. The summed E-state index contributed by atoms with van der Waals surface area (Å²) in [5, 5.41) is 3.67. The third-order valence-corrected chi connectivity index (χ3v) is 5.14. The van der Waals surface area contributed by atoms with E-state index in [0.29, 0.717) is 37.5 Å². The molecular formula is C15H25N3O2. The first-order valence-corrected chi connectivity index (χ1v) is 8.00. The summed E-state index contributed by atoms with van der Waals surface area (Å²) in [4.78, 5) is 27.2. The maximum Gasteiger partial charge on any atom is 0.229 e. The van der Waals surface area contributed by atoms with Crippen LogP contribution in [0.4, 0.5) is 0 Å². The van der Waals surface area contributed by atoms with Crippen LogP contribution in [0.2, 0.25) is 0 Å². The molecule has 0 aromatic rings. The monoisotopic (exact) mass is 279 g/mol. The van der Waals surface area contributed by atoms with Crippen molar-refractivity contribution in [2.45, 2.75) is 63.6 Å². The number of fused-ring (bicyclic) bond motifs is 2. The van der Waals surface area contributed by atoms with Gasteiger partial charge in [-0.05, 0) is 32.2 Å². The molecule has 1 N–H and O–H groups in total. The molecule has 2 bridgehead atoms. The quantitative estimate of drug-likeness (QED) is 0.754. The van der Waals surface area contributed by atoms with Gasteiger partial charge in [-0.25, -0.2) is 0 Å². The minimum Gasteiger partial charge on any atom is -0.311 e. The summed E-state index contributed by atoms with van der Waals surface area (Å²) in [6.07, 6.45) is 5.85. The van der Waals surface area contributed by atoms with Crippen molar-refractivity contribution in [3.8, 4) is 0 Å². The molecule has 3 rings (SSSR count). The predicted molar refractivity (Wildman–Crippen MR) is 76.2 cm³/mol. The van der Waals surface area contributed by atoms with E-state index in [-0.39, 0.29) is 11.8 Å². The molecule has 0 saturated carbocycles. The molecule has 3 aliphatic rings. The number of likely N-dealkylation sites (N-methyl/N-ethyl adjacent to an activating group) is 1. The Labute approximate surface area is 120 Å². The first-order valence-electron chi connectivity index (χ1n) is 8.00. The molecule has 3 fully saturated rings. The van der Waals surface area contributed by atoms with Crippen molar-refractivity contribution in [2.24, 2.45) is 0 Å². The smallest absolute Gasteiger partial charge is 0.229 e. The summed E-state index contributed by atoms with van der Waals surface area (Å²) in [6.45, 7) is 4.58. The molecule has 0 aliphatic carbocycles. The van der Waals surface area contributed by atoms with Crippen molar-refractivity contribution in [1.82, 2.24) is 15.1 Å². The van der Waals surface area contributed by atoms with Gasteiger partial charge in [-0.1, -0.05) is 6.92 Å². The molecule has 5 heteroatoms. The third kappa shape index (κ3) is 2.74. The van der Waals surface area contributed by atoms with Crippen LogP contribution in [0, 0.1) is 0 Å². The number of amides is 2. The molecule has 5 nitrogen and oxygen atoms in total. The molecule has 2 amide bonds. The average molecular weight is 279 g/mol. The van der Waals surface area contributed by atoms with Crippen molar-refractivity contribution < 1.29 is 9.59 Å². The summed E-state index contributed by atoms with van der Waals surface area (Å²) in [5.74, 6) is 0.0212. The van der Waals surface area contributed by atoms with Gasteiger partial charge in [0.15, 0.2) is 0 Å². The highest BCUT2D eigenvalue weighted by atomic mass is 16.2. The second-order valence-corrected chi connectivity index (χ2v) is 6.33. The Bertz CT molecular complexity index is 371. The highest BCUT2D eigenvalue weighted by Gasteiger charge is 2.36. The van der Waals surface area contributed by atoms with Crippen LogP contribution in [0.5, 0.6) is 0 Å². The molecule has 0 aromatic carbocycles. The molecular weight excluding hydrogens is 254 g/mol. The number of hydrogen-bond acceptors (Lipinski definition) is 4. The zero-order valence-corrected chi connectivity index (χ0v) is 12.3. The maximum absolute atomic E-state index is 11.7. The second-order valence-electron chi connectivity index (χ2n) is 6.33. The molecule has 2 unspecified atom stereocenters. The number of nitrogens with one attached hydrogen (secondary N) is 1. The number of carbonyl (C=O) groups is 2. The fourth-order valence-corrected chi connectivity index (χ4v) is 4.02. The lowest BCUT2D eigenvalue weighted by atomic mass is 9.98. The van der Waals surface area contributed by atoms with Gasteiger partial charge in [0.25, 0.3) is 0 Å². The lowest BCUT2D eigenvalue weighted by Gasteiger charge is -2.37. The molecule has 2 atom stereocenters. The van der Waals surface area contributed by atoms with Crippen LogP contribution >= 0.6 is 0 Å². The van der Waals surface area contributed by atoms with E-state index in [2.05, 4.69) is 17.1 Å². The minimum absolute atomic E-state index is 0.0106. The van der Waals surface area contributed by atoms with Gasteiger partial charge in [-0.15, -0.1) is 0 Å². The van der Waals surface area contributed by atoms with Crippen LogP contribution in [0.1, 0.15) is 45.4 Å². The van der Waals surface area contributed by atoms with Gasteiger partial charge in [0.2, 0.25) is 11.8 Å². The van der Waals surface area contributed by atoms with Gasteiger partial charge in [0.05, 0.1) is 0 Å². The van der Waals surface area contributed by atoms with E-state index in [0.717, 1.165) is 13.1 Å². The molecule has 112 valence electrons. The minimum atomic E-state index is 0.0106. The van der Waals surface area contributed by atoms with Crippen LogP contribution in [-0.2, 0) is 9.59 Å². The molecule has 3 aliphatic heterocycles. The zero-order valence-electron chi connectivity index (χ0n) is 12.3. The summed E-state index contributed by atoms with van der Waals surface area (Å²) in [6, 6.07) is 1.98. The number of nitrogens with zero attached hydrogens (tertiary/aromatic N) is 2. The van der Waals surface area contributed by atoms with E-state index in [1.165, 1.54) is 30.6 Å². The number of imide groups is 1. The number of rotatable bonds is 5. The lowest BCUT2D eigenvalue weighted by molar-refractivity contribution is -0.138. The standard InChI is InChI=1S/C15H25N3O2/c1-2-17(7-8-18-14(19)5-6-15(18)20)13-9-11-3-4-12(10-13)16-11/h11-13,16H,2-10H2,1H3.